The molecule has 0 aromatic carbocycles. The maximum Gasteiger partial charge on any atom is 0.0926 e. The van der Waals surface area contributed by atoms with Gasteiger partial charge in [-0.05, 0) is 47.1 Å². The summed E-state index contributed by atoms with van der Waals surface area (Å²) in [5.74, 6) is 0.805. The number of hydrogen-bond donors (Lipinski definition) is 1. The van der Waals surface area contributed by atoms with E-state index in [1.165, 1.54) is 5.57 Å². The molecule has 3 heteroatoms. The molecule has 0 spiro atoms. The van der Waals surface area contributed by atoms with Gasteiger partial charge in [-0.15, -0.1) is 0 Å². The van der Waals surface area contributed by atoms with Crippen LogP contribution in [0.2, 0.25) is 0 Å². The van der Waals surface area contributed by atoms with E-state index in [0.29, 0.717) is 6.54 Å². The molecule has 1 rings (SSSR count). The van der Waals surface area contributed by atoms with Crippen LogP contribution in [0.1, 0.15) is 47.0 Å². The predicted octanol–water partition coefficient (Wildman–Crippen LogP) is 3.16. The summed E-state index contributed by atoms with van der Waals surface area (Å²) in [4.78, 5) is 0. The number of rotatable bonds is 6. The molecule has 0 unspecified atom stereocenters. The molecule has 18 heavy (non-hydrogen) atoms. The van der Waals surface area contributed by atoms with Crippen LogP contribution in [0, 0.1) is 0 Å². The average molecular weight is 253 g/mol. The summed E-state index contributed by atoms with van der Waals surface area (Å²) in [5.41, 5.74) is 6.81. The zero-order valence-corrected chi connectivity index (χ0v) is 12.2. The fourth-order valence-electron chi connectivity index (χ4n) is 2.46. The lowest BCUT2D eigenvalue weighted by atomic mass is 9.92. The lowest BCUT2D eigenvalue weighted by Crippen LogP contribution is -2.34. The Morgan fingerprint density at radius 1 is 1.61 bits per heavy atom. The minimum absolute atomic E-state index is 0.151. The van der Waals surface area contributed by atoms with E-state index in [4.69, 9.17) is 15.2 Å². The van der Waals surface area contributed by atoms with Crippen molar-refractivity contribution in [3.8, 4) is 0 Å². The van der Waals surface area contributed by atoms with E-state index in [9.17, 15) is 0 Å². The number of ether oxygens (including phenoxy) is 2. The van der Waals surface area contributed by atoms with E-state index in [2.05, 4.69) is 26.5 Å². The predicted molar refractivity (Wildman–Crippen MR) is 75.3 cm³/mol. The molecule has 2 N–H and O–H groups in total. The SMILES string of the molecule is C=C(C[C@H]1CC(CCN)=CC(C)(C)O1)OC(C)C. The molecule has 104 valence electrons. The van der Waals surface area contributed by atoms with Crippen molar-refractivity contribution in [1.82, 2.24) is 0 Å². The monoisotopic (exact) mass is 253 g/mol. The van der Waals surface area contributed by atoms with Gasteiger partial charge in [0.05, 0.1) is 23.6 Å². The molecule has 0 saturated carbocycles. The Bertz CT molecular complexity index is 318. The fraction of sp³-hybridized carbons (Fsp3) is 0.733. The summed E-state index contributed by atoms with van der Waals surface area (Å²) in [5, 5.41) is 0. The van der Waals surface area contributed by atoms with Gasteiger partial charge >= 0.3 is 0 Å². The summed E-state index contributed by atoms with van der Waals surface area (Å²) in [6.45, 7) is 12.8. The molecule has 3 nitrogen and oxygen atoms in total. The molecule has 1 atom stereocenters. The number of hydrogen-bond acceptors (Lipinski definition) is 3. The average Bonchev–Trinajstić information content (AvgIpc) is 2.12. The first-order valence-electron chi connectivity index (χ1n) is 6.75. The summed E-state index contributed by atoms with van der Waals surface area (Å²) in [6, 6.07) is 0. The topological polar surface area (TPSA) is 44.5 Å². The van der Waals surface area contributed by atoms with Gasteiger partial charge in [0, 0.05) is 6.42 Å². The van der Waals surface area contributed by atoms with Gasteiger partial charge in [-0.3, -0.25) is 0 Å². The van der Waals surface area contributed by atoms with Crippen LogP contribution in [-0.4, -0.2) is 24.4 Å². The Balaban J connectivity index is 2.58. The Kier molecular flexibility index (Phi) is 5.42. The Morgan fingerprint density at radius 2 is 2.28 bits per heavy atom. The molecule has 0 saturated heterocycles. The molecule has 1 heterocycles. The maximum atomic E-state index is 6.04. The standard InChI is InChI=1S/C15H27NO2/c1-11(2)17-12(3)8-14-9-13(6-7-16)10-15(4,5)18-14/h10-11,14H,3,6-9,16H2,1-2,4-5H3/t14-/m0/s1. The van der Waals surface area contributed by atoms with Crippen LogP contribution in [0.4, 0.5) is 0 Å². The van der Waals surface area contributed by atoms with Crippen molar-refractivity contribution in [3.63, 3.8) is 0 Å². The Hall–Kier alpha value is -0.800. The van der Waals surface area contributed by atoms with Crippen molar-refractivity contribution in [2.75, 3.05) is 6.54 Å². The van der Waals surface area contributed by atoms with Crippen molar-refractivity contribution >= 4 is 0 Å². The van der Waals surface area contributed by atoms with E-state index in [1.54, 1.807) is 0 Å². The second-order valence-electron chi connectivity index (χ2n) is 5.80. The normalized spacial score (nSPS) is 22.8. The van der Waals surface area contributed by atoms with Gasteiger partial charge in [0.25, 0.3) is 0 Å². The third kappa shape index (κ3) is 5.23. The summed E-state index contributed by atoms with van der Waals surface area (Å²) < 4.78 is 11.6. The molecule has 0 aromatic rings. The smallest absolute Gasteiger partial charge is 0.0926 e. The highest BCUT2D eigenvalue weighted by Gasteiger charge is 2.28. The van der Waals surface area contributed by atoms with E-state index in [1.807, 2.05) is 13.8 Å². The van der Waals surface area contributed by atoms with Crippen molar-refractivity contribution in [2.45, 2.75) is 64.8 Å². The largest absolute Gasteiger partial charge is 0.496 e. The molecule has 0 aliphatic carbocycles. The third-order valence-corrected chi connectivity index (χ3v) is 2.84. The van der Waals surface area contributed by atoms with Crippen LogP contribution in [0.3, 0.4) is 0 Å². The van der Waals surface area contributed by atoms with Crippen molar-refractivity contribution in [2.24, 2.45) is 5.73 Å². The summed E-state index contributed by atoms with van der Waals surface area (Å²) in [7, 11) is 0. The maximum absolute atomic E-state index is 6.04. The molecule has 0 aromatic heterocycles. The first-order valence-corrected chi connectivity index (χ1v) is 6.75. The lowest BCUT2D eigenvalue weighted by molar-refractivity contribution is -0.0574. The minimum atomic E-state index is -0.217. The van der Waals surface area contributed by atoms with Gasteiger partial charge in [0.15, 0.2) is 0 Å². The Morgan fingerprint density at radius 3 is 2.83 bits per heavy atom. The van der Waals surface area contributed by atoms with Crippen LogP contribution < -0.4 is 5.73 Å². The highest BCUT2D eigenvalue weighted by atomic mass is 16.5. The molecule has 1 aliphatic heterocycles. The second kappa shape index (κ2) is 6.39. The molecule has 0 fully saturated rings. The zero-order valence-electron chi connectivity index (χ0n) is 12.2. The highest BCUT2D eigenvalue weighted by molar-refractivity contribution is 5.15. The first kappa shape index (κ1) is 15.3. The van der Waals surface area contributed by atoms with E-state index >= 15 is 0 Å². The van der Waals surface area contributed by atoms with Crippen molar-refractivity contribution < 1.29 is 9.47 Å². The fourth-order valence-corrected chi connectivity index (χ4v) is 2.46. The first-order chi connectivity index (χ1) is 8.32. The summed E-state index contributed by atoms with van der Waals surface area (Å²) in [6.07, 6.45) is 5.15. The zero-order chi connectivity index (χ0) is 13.8. The van der Waals surface area contributed by atoms with Gasteiger partial charge in [-0.1, -0.05) is 18.2 Å². The van der Waals surface area contributed by atoms with Crippen LogP contribution >= 0.6 is 0 Å². The minimum Gasteiger partial charge on any atom is -0.496 e. The van der Waals surface area contributed by atoms with Gasteiger partial charge < -0.3 is 15.2 Å². The van der Waals surface area contributed by atoms with E-state index in [0.717, 1.165) is 25.0 Å². The second-order valence-corrected chi connectivity index (χ2v) is 5.80. The highest BCUT2D eigenvalue weighted by Crippen LogP contribution is 2.31. The Labute approximate surface area is 111 Å². The third-order valence-electron chi connectivity index (χ3n) is 2.84. The van der Waals surface area contributed by atoms with Crippen LogP contribution in [0.25, 0.3) is 0 Å². The van der Waals surface area contributed by atoms with Crippen LogP contribution in [0.15, 0.2) is 24.0 Å². The quantitative estimate of drug-likeness (QED) is 0.584. The van der Waals surface area contributed by atoms with Gasteiger partial charge in [-0.2, -0.15) is 0 Å². The molecule has 0 amide bonds. The van der Waals surface area contributed by atoms with Gasteiger partial charge in [0.2, 0.25) is 0 Å². The summed E-state index contributed by atoms with van der Waals surface area (Å²) >= 11 is 0. The molecular weight excluding hydrogens is 226 g/mol. The van der Waals surface area contributed by atoms with Gasteiger partial charge in [-0.25, -0.2) is 0 Å². The molecule has 1 aliphatic rings. The van der Waals surface area contributed by atoms with Crippen LogP contribution in [0.5, 0.6) is 0 Å². The van der Waals surface area contributed by atoms with E-state index in [-0.39, 0.29) is 17.8 Å². The van der Waals surface area contributed by atoms with Gasteiger partial charge in [0.1, 0.15) is 0 Å². The van der Waals surface area contributed by atoms with E-state index < -0.39 is 0 Å². The molecule has 0 bridgehead atoms. The molecular formula is C15H27NO2. The molecule has 0 radical (unpaired) electrons. The van der Waals surface area contributed by atoms with Crippen molar-refractivity contribution in [3.05, 3.63) is 24.0 Å². The number of nitrogens with two attached hydrogens (primary N) is 1. The lowest BCUT2D eigenvalue weighted by Gasteiger charge is -2.35. The van der Waals surface area contributed by atoms with Crippen molar-refractivity contribution in [1.29, 1.82) is 0 Å². The van der Waals surface area contributed by atoms with Crippen LogP contribution in [-0.2, 0) is 9.47 Å².